The number of pyridine rings is 1. The zero-order valence-electron chi connectivity index (χ0n) is 11.2. The summed E-state index contributed by atoms with van der Waals surface area (Å²) in [5.74, 6) is -0.183. The van der Waals surface area contributed by atoms with E-state index in [2.05, 4.69) is 22.2 Å². The van der Waals surface area contributed by atoms with Crippen LogP contribution in [0.4, 0.5) is 15.8 Å². The van der Waals surface area contributed by atoms with Crippen LogP contribution in [0.5, 0.6) is 0 Å². The third kappa shape index (κ3) is 2.39. The molecule has 0 bridgehead atoms. The highest BCUT2D eigenvalue weighted by Crippen LogP contribution is 2.37. The fourth-order valence-corrected chi connectivity index (χ4v) is 3.31. The molecule has 1 aromatic carbocycles. The van der Waals surface area contributed by atoms with E-state index in [1.54, 1.807) is 29.8 Å². The molecule has 2 nitrogen and oxygen atoms in total. The Morgan fingerprint density at radius 1 is 1.20 bits per heavy atom. The largest absolute Gasteiger partial charge is 0.340 e. The average molecular weight is 286 g/mol. The van der Waals surface area contributed by atoms with Crippen molar-refractivity contribution in [2.45, 2.75) is 13.3 Å². The third-order valence-corrected chi connectivity index (χ3v) is 4.16. The van der Waals surface area contributed by atoms with Crippen molar-refractivity contribution < 1.29 is 4.39 Å². The zero-order chi connectivity index (χ0) is 13.9. The van der Waals surface area contributed by atoms with Gasteiger partial charge in [0.1, 0.15) is 5.82 Å². The number of anilines is 2. The summed E-state index contributed by atoms with van der Waals surface area (Å²) in [6, 6.07) is 8.99. The molecule has 0 N–H and O–H groups in total. The highest BCUT2D eigenvalue weighted by Gasteiger charge is 2.13. The van der Waals surface area contributed by atoms with Gasteiger partial charge in [0.2, 0.25) is 0 Å². The van der Waals surface area contributed by atoms with Crippen LogP contribution in [-0.2, 0) is 0 Å². The highest BCUT2D eigenvalue weighted by molar-refractivity contribution is 7.17. The first kappa shape index (κ1) is 13.1. The Morgan fingerprint density at radius 3 is 2.75 bits per heavy atom. The van der Waals surface area contributed by atoms with Crippen LogP contribution in [0.2, 0.25) is 0 Å². The first-order valence-corrected chi connectivity index (χ1v) is 7.52. The minimum absolute atomic E-state index is 0.183. The summed E-state index contributed by atoms with van der Waals surface area (Å²) < 4.78 is 14.3. The van der Waals surface area contributed by atoms with Crippen LogP contribution in [-0.4, -0.2) is 11.5 Å². The van der Waals surface area contributed by atoms with Crippen molar-refractivity contribution in [1.82, 2.24) is 4.98 Å². The molecule has 4 heteroatoms. The molecule has 0 saturated carbocycles. The van der Waals surface area contributed by atoms with Crippen molar-refractivity contribution in [1.29, 1.82) is 0 Å². The minimum Gasteiger partial charge on any atom is -0.340 e. The van der Waals surface area contributed by atoms with E-state index in [-0.39, 0.29) is 5.82 Å². The van der Waals surface area contributed by atoms with E-state index in [4.69, 9.17) is 0 Å². The van der Waals surface area contributed by atoms with Gasteiger partial charge in [-0.1, -0.05) is 6.92 Å². The monoisotopic (exact) mass is 286 g/mol. The Balaban J connectivity index is 2.10. The summed E-state index contributed by atoms with van der Waals surface area (Å²) in [6.07, 6.45) is 4.64. The Morgan fingerprint density at radius 2 is 2.00 bits per heavy atom. The van der Waals surface area contributed by atoms with Crippen molar-refractivity contribution in [3.63, 3.8) is 0 Å². The number of nitrogens with zero attached hydrogens (tertiary/aromatic N) is 2. The van der Waals surface area contributed by atoms with E-state index < -0.39 is 0 Å². The molecule has 0 fully saturated rings. The molecule has 102 valence electrons. The van der Waals surface area contributed by atoms with E-state index in [1.165, 1.54) is 6.07 Å². The predicted molar refractivity (Wildman–Crippen MR) is 83.3 cm³/mol. The first-order valence-electron chi connectivity index (χ1n) is 6.64. The second-order valence-electron chi connectivity index (χ2n) is 4.62. The maximum atomic E-state index is 13.3. The summed E-state index contributed by atoms with van der Waals surface area (Å²) in [4.78, 5) is 6.33. The molecule has 0 radical (unpaired) electrons. The molecule has 0 saturated heterocycles. The number of rotatable bonds is 4. The van der Waals surface area contributed by atoms with Gasteiger partial charge in [-0.3, -0.25) is 4.98 Å². The quantitative estimate of drug-likeness (QED) is 0.672. The van der Waals surface area contributed by atoms with Crippen molar-refractivity contribution in [3.8, 4) is 0 Å². The fraction of sp³-hybridized carbons (Fsp3) is 0.188. The Bertz CT molecular complexity index is 709. The predicted octanol–water partition coefficient (Wildman–Crippen LogP) is 4.98. The van der Waals surface area contributed by atoms with E-state index in [0.29, 0.717) is 0 Å². The molecular formula is C16H15FN2S. The number of benzene rings is 1. The van der Waals surface area contributed by atoms with Crippen LogP contribution in [0, 0.1) is 5.82 Å². The van der Waals surface area contributed by atoms with Crippen LogP contribution in [0.25, 0.3) is 10.1 Å². The number of hydrogen-bond donors (Lipinski definition) is 0. The molecule has 0 unspecified atom stereocenters. The van der Waals surface area contributed by atoms with Crippen molar-refractivity contribution in [3.05, 3.63) is 53.9 Å². The zero-order valence-corrected chi connectivity index (χ0v) is 12.0. The second kappa shape index (κ2) is 5.59. The lowest BCUT2D eigenvalue weighted by molar-refractivity contribution is 0.630. The second-order valence-corrected chi connectivity index (χ2v) is 5.53. The lowest BCUT2D eigenvalue weighted by Crippen LogP contribution is -2.17. The summed E-state index contributed by atoms with van der Waals surface area (Å²) in [5, 5.41) is 3.20. The summed E-state index contributed by atoms with van der Waals surface area (Å²) in [7, 11) is 0. The van der Waals surface area contributed by atoms with Gasteiger partial charge in [-0.05, 0) is 36.8 Å². The van der Waals surface area contributed by atoms with E-state index in [0.717, 1.165) is 34.4 Å². The Labute approximate surface area is 121 Å². The van der Waals surface area contributed by atoms with Crippen LogP contribution in [0.1, 0.15) is 13.3 Å². The molecule has 3 aromatic rings. The molecule has 0 amide bonds. The van der Waals surface area contributed by atoms with Gasteiger partial charge in [-0.2, -0.15) is 0 Å². The van der Waals surface area contributed by atoms with Gasteiger partial charge in [0.05, 0.1) is 5.69 Å². The first-order chi connectivity index (χ1) is 9.79. The van der Waals surface area contributed by atoms with Gasteiger partial charge < -0.3 is 4.90 Å². The van der Waals surface area contributed by atoms with E-state index in [9.17, 15) is 4.39 Å². The molecule has 2 heterocycles. The number of thiophene rings is 1. The Hall–Kier alpha value is -1.94. The van der Waals surface area contributed by atoms with Crippen molar-refractivity contribution in [2.75, 3.05) is 11.4 Å². The Kier molecular flexibility index (Phi) is 3.65. The van der Waals surface area contributed by atoms with Gasteiger partial charge in [0.25, 0.3) is 0 Å². The number of aromatic nitrogens is 1. The highest BCUT2D eigenvalue weighted by atomic mass is 32.1. The summed E-state index contributed by atoms with van der Waals surface area (Å²) >= 11 is 1.58. The SMILES string of the molecule is CCCN(c1ccncc1)c1csc2cc(F)ccc12. The standard InChI is InChI=1S/C16H15FN2S/c1-2-9-19(13-5-7-18-8-6-13)15-11-20-16-10-12(17)3-4-14(15)16/h3-8,10-11H,2,9H2,1H3. The maximum absolute atomic E-state index is 13.3. The van der Waals surface area contributed by atoms with Gasteiger partial charge in [0.15, 0.2) is 0 Å². The lowest BCUT2D eigenvalue weighted by atomic mass is 10.2. The average Bonchev–Trinajstić information content (AvgIpc) is 2.88. The smallest absolute Gasteiger partial charge is 0.124 e. The number of fused-ring (bicyclic) bond motifs is 1. The van der Waals surface area contributed by atoms with Crippen LogP contribution in [0.15, 0.2) is 48.1 Å². The summed E-state index contributed by atoms with van der Waals surface area (Å²) in [6.45, 7) is 3.08. The molecule has 0 aliphatic carbocycles. The number of halogens is 1. The van der Waals surface area contributed by atoms with Gasteiger partial charge in [0, 0.05) is 40.1 Å². The van der Waals surface area contributed by atoms with Gasteiger partial charge in [-0.25, -0.2) is 4.39 Å². The molecule has 2 aromatic heterocycles. The van der Waals surface area contributed by atoms with Crippen LogP contribution >= 0.6 is 11.3 Å². The molecule has 0 spiro atoms. The summed E-state index contributed by atoms with van der Waals surface area (Å²) in [5.41, 5.74) is 2.25. The fourth-order valence-electron chi connectivity index (χ4n) is 2.33. The lowest BCUT2D eigenvalue weighted by Gasteiger charge is -2.23. The van der Waals surface area contributed by atoms with E-state index in [1.807, 2.05) is 18.2 Å². The minimum atomic E-state index is -0.183. The van der Waals surface area contributed by atoms with Crippen molar-refractivity contribution in [2.24, 2.45) is 0 Å². The van der Waals surface area contributed by atoms with Crippen molar-refractivity contribution >= 4 is 32.8 Å². The molecule has 0 atom stereocenters. The normalized spacial score (nSPS) is 10.9. The molecule has 20 heavy (non-hydrogen) atoms. The molecule has 3 rings (SSSR count). The van der Waals surface area contributed by atoms with Crippen LogP contribution < -0.4 is 4.90 Å². The molecular weight excluding hydrogens is 271 g/mol. The third-order valence-electron chi connectivity index (χ3n) is 3.23. The molecule has 0 aliphatic rings. The van der Waals surface area contributed by atoms with Crippen LogP contribution in [0.3, 0.4) is 0 Å². The van der Waals surface area contributed by atoms with Gasteiger partial charge in [-0.15, -0.1) is 11.3 Å². The maximum Gasteiger partial charge on any atom is 0.124 e. The molecule has 0 aliphatic heterocycles. The van der Waals surface area contributed by atoms with E-state index >= 15 is 0 Å². The number of hydrogen-bond acceptors (Lipinski definition) is 3. The van der Waals surface area contributed by atoms with Gasteiger partial charge >= 0.3 is 0 Å². The topological polar surface area (TPSA) is 16.1 Å².